The zero-order chi connectivity index (χ0) is 19.9. The Morgan fingerprint density at radius 3 is 2.11 bits per heavy atom. The lowest BCUT2D eigenvalue weighted by molar-refractivity contribution is -0.114. The number of carbonyl (C=O) groups is 2. The summed E-state index contributed by atoms with van der Waals surface area (Å²) in [6.07, 6.45) is 2.96. The number of benzene rings is 2. The molecule has 1 heterocycles. The minimum Gasteiger partial charge on any atom is -0.350 e. The summed E-state index contributed by atoms with van der Waals surface area (Å²) >= 11 is 0. The Labute approximate surface area is 163 Å². The second kappa shape index (κ2) is 8.77. The van der Waals surface area contributed by atoms with E-state index in [1.165, 1.54) is 24.9 Å². The molecule has 0 atom stereocenters. The lowest BCUT2D eigenvalue weighted by Gasteiger charge is -2.09. The molecule has 28 heavy (non-hydrogen) atoms. The average Bonchev–Trinajstić information content (AvgIpc) is 2.69. The number of rotatable bonds is 6. The molecule has 0 spiro atoms. The van der Waals surface area contributed by atoms with Gasteiger partial charge in [-0.05, 0) is 42.3 Å². The summed E-state index contributed by atoms with van der Waals surface area (Å²) in [6.45, 7) is 4.10. The molecule has 0 aliphatic heterocycles. The number of aromatic nitrogens is 2. The molecule has 3 rings (SSSR count). The van der Waals surface area contributed by atoms with Crippen molar-refractivity contribution in [1.29, 1.82) is 0 Å². The summed E-state index contributed by atoms with van der Waals surface area (Å²) < 4.78 is 0. The largest absolute Gasteiger partial charge is 0.350 e. The molecule has 7 nitrogen and oxygen atoms in total. The Bertz CT molecular complexity index is 969. The van der Waals surface area contributed by atoms with E-state index in [2.05, 4.69) is 25.9 Å². The molecule has 2 aromatic carbocycles. The third-order valence-electron chi connectivity index (χ3n) is 4.08. The number of hydrogen-bond acceptors (Lipinski definition) is 5. The van der Waals surface area contributed by atoms with Crippen LogP contribution in [0, 0.1) is 6.92 Å². The second-order valence-electron chi connectivity index (χ2n) is 6.29. The first kappa shape index (κ1) is 19.0. The molecule has 0 fully saturated rings. The molecule has 0 bridgehead atoms. The van der Waals surface area contributed by atoms with E-state index >= 15 is 0 Å². The zero-order valence-corrected chi connectivity index (χ0v) is 15.7. The second-order valence-corrected chi connectivity index (χ2v) is 6.29. The summed E-state index contributed by atoms with van der Waals surface area (Å²) in [5.41, 5.74) is 3.98. The summed E-state index contributed by atoms with van der Waals surface area (Å²) in [4.78, 5) is 31.8. The third kappa shape index (κ3) is 5.14. The van der Waals surface area contributed by atoms with E-state index < -0.39 is 0 Å². The van der Waals surface area contributed by atoms with Crippen molar-refractivity contribution in [3.05, 3.63) is 77.6 Å². The Balaban J connectivity index is 1.57. The molecule has 1 aromatic heterocycles. The minimum atomic E-state index is -0.308. The lowest BCUT2D eigenvalue weighted by atomic mass is 10.1. The number of nitrogens with zero attached hydrogens (tertiary/aromatic N) is 2. The summed E-state index contributed by atoms with van der Waals surface area (Å²) in [5.74, 6) is 0.00209. The van der Waals surface area contributed by atoms with Crippen molar-refractivity contribution < 1.29 is 9.59 Å². The molecule has 0 saturated carbocycles. The maximum absolute atomic E-state index is 12.3. The van der Waals surface area contributed by atoms with Gasteiger partial charge in [-0.2, -0.15) is 0 Å². The van der Waals surface area contributed by atoms with Gasteiger partial charge in [0, 0.05) is 37.2 Å². The molecule has 142 valence electrons. The molecular weight excluding hydrogens is 354 g/mol. The molecule has 3 aromatic rings. The fraction of sp³-hybridized carbons (Fsp3) is 0.143. The van der Waals surface area contributed by atoms with Crippen molar-refractivity contribution in [2.24, 2.45) is 0 Å². The van der Waals surface area contributed by atoms with Crippen molar-refractivity contribution in [1.82, 2.24) is 9.97 Å². The van der Waals surface area contributed by atoms with Gasteiger partial charge >= 0.3 is 0 Å². The van der Waals surface area contributed by atoms with Gasteiger partial charge in [-0.3, -0.25) is 9.59 Å². The van der Waals surface area contributed by atoms with Crippen LogP contribution >= 0.6 is 0 Å². The van der Waals surface area contributed by atoms with E-state index in [0.717, 1.165) is 5.56 Å². The first-order valence-corrected chi connectivity index (χ1v) is 8.81. The predicted octanol–water partition coefficient (Wildman–Crippen LogP) is 3.61. The number of aryl methyl sites for hydroxylation is 1. The molecule has 0 aliphatic carbocycles. The monoisotopic (exact) mass is 375 g/mol. The topological polar surface area (TPSA) is 96.0 Å². The van der Waals surface area contributed by atoms with Crippen LogP contribution in [0.5, 0.6) is 0 Å². The van der Waals surface area contributed by atoms with Crippen LogP contribution in [0.2, 0.25) is 0 Å². The quantitative estimate of drug-likeness (QED) is 0.612. The van der Waals surface area contributed by atoms with Crippen molar-refractivity contribution in [3.63, 3.8) is 0 Å². The van der Waals surface area contributed by atoms with Gasteiger partial charge in [0.05, 0.1) is 5.56 Å². The predicted molar refractivity (Wildman–Crippen MR) is 109 cm³/mol. The van der Waals surface area contributed by atoms with Crippen LogP contribution in [-0.4, -0.2) is 21.8 Å². The van der Waals surface area contributed by atoms with E-state index in [1.54, 1.807) is 24.3 Å². The maximum Gasteiger partial charge on any atom is 0.258 e. The van der Waals surface area contributed by atoms with Gasteiger partial charge in [0.1, 0.15) is 0 Å². The molecule has 0 aliphatic rings. The third-order valence-corrected chi connectivity index (χ3v) is 4.08. The molecule has 0 saturated heterocycles. The van der Waals surface area contributed by atoms with Crippen LogP contribution in [0.25, 0.3) is 0 Å². The standard InChI is InChI=1S/C21H21N5O2/c1-14-5-3-4-6-16(14)11-22-21-23-12-17(13-24-21)20(28)26-19-9-7-18(8-10-19)25-15(2)27/h3-10,12-13H,11H2,1-2H3,(H,25,27)(H,26,28)(H,22,23,24). The smallest absolute Gasteiger partial charge is 0.258 e. The van der Waals surface area contributed by atoms with Crippen molar-refractivity contribution in [3.8, 4) is 0 Å². The molecule has 2 amide bonds. The van der Waals surface area contributed by atoms with Gasteiger partial charge < -0.3 is 16.0 Å². The molecule has 0 radical (unpaired) electrons. The highest BCUT2D eigenvalue weighted by Crippen LogP contribution is 2.15. The fourth-order valence-electron chi connectivity index (χ4n) is 2.56. The van der Waals surface area contributed by atoms with Crippen molar-refractivity contribution >= 4 is 29.1 Å². The van der Waals surface area contributed by atoms with Crippen LogP contribution in [0.1, 0.15) is 28.4 Å². The maximum atomic E-state index is 12.3. The van der Waals surface area contributed by atoms with Crippen LogP contribution in [-0.2, 0) is 11.3 Å². The van der Waals surface area contributed by atoms with E-state index in [1.807, 2.05) is 31.2 Å². The highest BCUT2D eigenvalue weighted by atomic mass is 16.2. The number of carbonyl (C=O) groups excluding carboxylic acids is 2. The number of hydrogen-bond donors (Lipinski definition) is 3. The Morgan fingerprint density at radius 1 is 0.893 bits per heavy atom. The Hall–Kier alpha value is -3.74. The Morgan fingerprint density at radius 2 is 1.50 bits per heavy atom. The highest BCUT2D eigenvalue weighted by Gasteiger charge is 2.08. The molecule has 7 heteroatoms. The lowest BCUT2D eigenvalue weighted by Crippen LogP contribution is -2.13. The SMILES string of the molecule is CC(=O)Nc1ccc(NC(=O)c2cnc(NCc3ccccc3C)nc2)cc1. The summed E-state index contributed by atoms with van der Waals surface area (Å²) in [7, 11) is 0. The zero-order valence-electron chi connectivity index (χ0n) is 15.7. The number of anilines is 3. The van der Waals surface area contributed by atoms with Gasteiger partial charge in [-0.15, -0.1) is 0 Å². The Kier molecular flexibility index (Phi) is 5.96. The van der Waals surface area contributed by atoms with Gasteiger partial charge in [0.25, 0.3) is 5.91 Å². The van der Waals surface area contributed by atoms with Crippen molar-refractivity contribution in [2.45, 2.75) is 20.4 Å². The van der Waals surface area contributed by atoms with E-state index in [-0.39, 0.29) is 11.8 Å². The normalized spacial score (nSPS) is 10.2. The first-order chi connectivity index (χ1) is 13.5. The van der Waals surface area contributed by atoms with Crippen LogP contribution < -0.4 is 16.0 Å². The summed E-state index contributed by atoms with van der Waals surface area (Å²) in [5, 5.41) is 8.59. The van der Waals surface area contributed by atoms with Crippen LogP contribution in [0.15, 0.2) is 60.9 Å². The molecular formula is C21H21N5O2. The highest BCUT2D eigenvalue weighted by molar-refractivity contribution is 6.04. The van der Waals surface area contributed by atoms with Gasteiger partial charge in [0.2, 0.25) is 11.9 Å². The van der Waals surface area contributed by atoms with E-state index in [9.17, 15) is 9.59 Å². The average molecular weight is 375 g/mol. The van der Waals surface area contributed by atoms with Gasteiger partial charge in [-0.25, -0.2) is 9.97 Å². The molecule has 0 unspecified atom stereocenters. The van der Waals surface area contributed by atoms with Gasteiger partial charge in [-0.1, -0.05) is 24.3 Å². The first-order valence-electron chi connectivity index (χ1n) is 8.81. The van der Waals surface area contributed by atoms with E-state index in [4.69, 9.17) is 0 Å². The van der Waals surface area contributed by atoms with Crippen molar-refractivity contribution in [2.75, 3.05) is 16.0 Å². The fourth-order valence-corrected chi connectivity index (χ4v) is 2.56. The minimum absolute atomic E-state index is 0.148. The molecule has 3 N–H and O–H groups in total. The van der Waals surface area contributed by atoms with Crippen LogP contribution in [0.4, 0.5) is 17.3 Å². The number of amides is 2. The van der Waals surface area contributed by atoms with E-state index in [0.29, 0.717) is 29.4 Å². The van der Waals surface area contributed by atoms with Gasteiger partial charge in [0.15, 0.2) is 0 Å². The van der Waals surface area contributed by atoms with Crippen LogP contribution in [0.3, 0.4) is 0 Å². The summed E-state index contributed by atoms with van der Waals surface area (Å²) in [6, 6.07) is 14.9. The number of nitrogens with one attached hydrogen (secondary N) is 3.